The number of ketones is 1. The number of nitrogens with zero attached hydrogens (tertiary/aromatic N) is 1. The SMILES string of the molecule is Cc1cc(C(=O)CC2CC2)cc(C)n1. The Morgan fingerprint density at radius 3 is 2.43 bits per heavy atom. The monoisotopic (exact) mass is 189 g/mol. The third kappa shape index (κ3) is 2.19. The third-order valence-corrected chi connectivity index (χ3v) is 2.57. The van der Waals surface area contributed by atoms with Gasteiger partial charge in [-0.05, 0) is 44.7 Å². The third-order valence-electron chi connectivity index (χ3n) is 2.57. The Balaban J connectivity index is 2.17. The van der Waals surface area contributed by atoms with Gasteiger partial charge in [-0.15, -0.1) is 0 Å². The Kier molecular flexibility index (Phi) is 2.36. The summed E-state index contributed by atoms with van der Waals surface area (Å²) in [7, 11) is 0. The van der Waals surface area contributed by atoms with E-state index >= 15 is 0 Å². The van der Waals surface area contributed by atoms with Crippen molar-refractivity contribution in [2.75, 3.05) is 0 Å². The summed E-state index contributed by atoms with van der Waals surface area (Å²) >= 11 is 0. The molecule has 2 rings (SSSR count). The van der Waals surface area contributed by atoms with Crippen LogP contribution in [0.15, 0.2) is 12.1 Å². The number of aryl methyl sites for hydroxylation is 2. The van der Waals surface area contributed by atoms with E-state index in [2.05, 4.69) is 4.98 Å². The van der Waals surface area contributed by atoms with E-state index in [4.69, 9.17) is 0 Å². The van der Waals surface area contributed by atoms with E-state index in [0.29, 0.717) is 5.92 Å². The zero-order chi connectivity index (χ0) is 10.1. The van der Waals surface area contributed by atoms with Crippen LogP contribution in [0.3, 0.4) is 0 Å². The van der Waals surface area contributed by atoms with Crippen LogP contribution in [-0.2, 0) is 0 Å². The molecular weight excluding hydrogens is 174 g/mol. The van der Waals surface area contributed by atoms with Gasteiger partial charge in [-0.3, -0.25) is 9.78 Å². The first-order valence-corrected chi connectivity index (χ1v) is 5.13. The molecule has 2 nitrogen and oxygen atoms in total. The molecule has 0 saturated heterocycles. The highest BCUT2D eigenvalue weighted by atomic mass is 16.1. The highest BCUT2D eigenvalue weighted by molar-refractivity contribution is 5.96. The minimum Gasteiger partial charge on any atom is -0.294 e. The van der Waals surface area contributed by atoms with E-state index in [1.54, 1.807) is 0 Å². The second-order valence-electron chi connectivity index (χ2n) is 4.21. The van der Waals surface area contributed by atoms with Crippen LogP contribution in [-0.4, -0.2) is 10.8 Å². The second-order valence-corrected chi connectivity index (χ2v) is 4.21. The predicted molar refractivity (Wildman–Crippen MR) is 55.4 cm³/mol. The summed E-state index contributed by atoms with van der Waals surface area (Å²) in [6, 6.07) is 3.77. The molecular formula is C12H15NO. The van der Waals surface area contributed by atoms with E-state index < -0.39 is 0 Å². The highest BCUT2D eigenvalue weighted by Gasteiger charge is 2.24. The molecule has 0 unspecified atom stereocenters. The number of hydrogen-bond acceptors (Lipinski definition) is 2. The van der Waals surface area contributed by atoms with Gasteiger partial charge in [0.15, 0.2) is 5.78 Å². The fourth-order valence-corrected chi connectivity index (χ4v) is 1.70. The fourth-order valence-electron chi connectivity index (χ4n) is 1.70. The normalized spacial score (nSPS) is 15.6. The number of pyridine rings is 1. The predicted octanol–water partition coefficient (Wildman–Crippen LogP) is 2.68. The lowest BCUT2D eigenvalue weighted by molar-refractivity contribution is 0.0976. The fraction of sp³-hybridized carbons (Fsp3) is 0.500. The molecule has 0 bridgehead atoms. The Bertz CT molecular complexity index is 346. The standard InChI is InChI=1S/C12H15NO/c1-8-5-11(6-9(2)13-8)12(14)7-10-3-4-10/h5-6,10H,3-4,7H2,1-2H3. The molecule has 0 aliphatic heterocycles. The second kappa shape index (κ2) is 3.52. The van der Waals surface area contributed by atoms with Crippen LogP contribution in [0, 0.1) is 19.8 Å². The summed E-state index contributed by atoms with van der Waals surface area (Å²) in [4.78, 5) is 16.0. The molecule has 14 heavy (non-hydrogen) atoms. The Hall–Kier alpha value is -1.18. The van der Waals surface area contributed by atoms with Crippen LogP contribution >= 0.6 is 0 Å². The summed E-state index contributed by atoms with van der Waals surface area (Å²) in [6.45, 7) is 3.86. The molecule has 1 heterocycles. The maximum absolute atomic E-state index is 11.8. The van der Waals surface area contributed by atoms with E-state index in [9.17, 15) is 4.79 Å². The Morgan fingerprint density at radius 1 is 1.36 bits per heavy atom. The van der Waals surface area contributed by atoms with Gasteiger partial charge in [-0.25, -0.2) is 0 Å². The van der Waals surface area contributed by atoms with Gasteiger partial charge in [0, 0.05) is 23.4 Å². The van der Waals surface area contributed by atoms with Crippen molar-refractivity contribution >= 4 is 5.78 Å². The van der Waals surface area contributed by atoms with Crippen LogP contribution in [0.4, 0.5) is 0 Å². The first kappa shape index (κ1) is 9.38. The van der Waals surface area contributed by atoms with E-state index in [1.165, 1.54) is 12.8 Å². The van der Waals surface area contributed by atoms with Gasteiger partial charge in [0.05, 0.1) is 0 Å². The molecule has 1 aliphatic carbocycles. The Morgan fingerprint density at radius 2 is 1.93 bits per heavy atom. The zero-order valence-electron chi connectivity index (χ0n) is 8.71. The van der Waals surface area contributed by atoms with Crippen LogP contribution < -0.4 is 0 Å². The van der Waals surface area contributed by atoms with Gasteiger partial charge < -0.3 is 0 Å². The summed E-state index contributed by atoms with van der Waals surface area (Å²) in [5.41, 5.74) is 2.70. The average Bonchev–Trinajstić information content (AvgIpc) is 2.86. The molecule has 1 saturated carbocycles. The van der Waals surface area contributed by atoms with E-state index in [0.717, 1.165) is 23.4 Å². The van der Waals surface area contributed by atoms with Crippen molar-refractivity contribution in [3.63, 3.8) is 0 Å². The van der Waals surface area contributed by atoms with Crippen LogP contribution in [0.1, 0.15) is 41.0 Å². The van der Waals surface area contributed by atoms with Crippen LogP contribution in [0.25, 0.3) is 0 Å². The molecule has 1 fully saturated rings. The molecule has 74 valence electrons. The maximum atomic E-state index is 11.8. The molecule has 1 aliphatic rings. The maximum Gasteiger partial charge on any atom is 0.163 e. The summed E-state index contributed by atoms with van der Waals surface area (Å²) < 4.78 is 0. The topological polar surface area (TPSA) is 30.0 Å². The number of aromatic nitrogens is 1. The van der Waals surface area contributed by atoms with Crippen LogP contribution in [0.5, 0.6) is 0 Å². The van der Waals surface area contributed by atoms with Gasteiger partial charge >= 0.3 is 0 Å². The zero-order valence-corrected chi connectivity index (χ0v) is 8.71. The van der Waals surface area contributed by atoms with Crippen molar-refractivity contribution in [2.45, 2.75) is 33.1 Å². The lowest BCUT2D eigenvalue weighted by Crippen LogP contribution is -2.02. The van der Waals surface area contributed by atoms with Gasteiger partial charge in [0.2, 0.25) is 0 Å². The molecule has 0 spiro atoms. The molecule has 2 heteroatoms. The molecule has 1 aromatic rings. The molecule has 0 amide bonds. The van der Waals surface area contributed by atoms with E-state index in [-0.39, 0.29) is 5.78 Å². The number of carbonyl (C=O) groups excluding carboxylic acids is 1. The lowest BCUT2D eigenvalue weighted by atomic mass is 10.1. The summed E-state index contributed by atoms with van der Waals surface area (Å²) in [5, 5.41) is 0. The van der Waals surface area contributed by atoms with Crippen molar-refractivity contribution < 1.29 is 4.79 Å². The number of hydrogen-bond donors (Lipinski definition) is 0. The Labute approximate surface area is 84.4 Å². The van der Waals surface area contributed by atoms with Crippen molar-refractivity contribution in [2.24, 2.45) is 5.92 Å². The average molecular weight is 189 g/mol. The minimum atomic E-state index is 0.279. The molecule has 0 N–H and O–H groups in total. The first-order chi connectivity index (χ1) is 6.65. The summed E-state index contributed by atoms with van der Waals surface area (Å²) in [5.74, 6) is 0.942. The number of Topliss-reactive ketones (excluding diaryl/α,β-unsaturated/α-hetero) is 1. The van der Waals surface area contributed by atoms with Gasteiger partial charge in [0.25, 0.3) is 0 Å². The van der Waals surface area contributed by atoms with Crippen LogP contribution in [0.2, 0.25) is 0 Å². The number of carbonyl (C=O) groups is 1. The number of rotatable bonds is 3. The van der Waals surface area contributed by atoms with Crippen molar-refractivity contribution in [3.05, 3.63) is 29.1 Å². The molecule has 0 atom stereocenters. The van der Waals surface area contributed by atoms with Gasteiger partial charge in [-0.1, -0.05) is 0 Å². The van der Waals surface area contributed by atoms with Crippen molar-refractivity contribution in [1.82, 2.24) is 4.98 Å². The highest BCUT2D eigenvalue weighted by Crippen LogP contribution is 2.33. The van der Waals surface area contributed by atoms with E-state index in [1.807, 2.05) is 26.0 Å². The minimum absolute atomic E-state index is 0.279. The molecule has 0 aromatic carbocycles. The van der Waals surface area contributed by atoms with Gasteiger partial charge in [-0.2, -0.15) is 0 Å². The quantitative estimate of drug-likeness (QED) is 0.684. The largest absolute Gasteiger partial charge is 0.294 e. The smallest absolute Gasteiger partial charge is 0.163 e. The van der Waals surface area contributed by atoms with Gasteiger partial charge in [0.1, 0.15) is 0 Å². The lowest BCUT2D eigenvalue weighted by Gasteiger charge is -2.02. The molecule has 0 radical (unpaired) electrons. The molecule has 1 aromatic heterocycles. The first-order valence-electron chi connectivity index (χ1n) is 5.13. The summed E-state index contributed by atoms with van der Waals surface area (Å²) in [6.07, 6.45) is 3.19. The van der Waals surface area contributed by atoms with Crippen molar-refractivity contribution in [1.29, 1.82) is 0 Å². The van der Waals surface area contributed by atoms with Crippen molar-refractivity contribution in [3.8, 4) is 0 Å².